The number of hydrogen-bond acceptors (Lipinski definition) is 3. The maximum atomic E-state index is 13.3. The van der Waals surface area contributed by atoms with E-state index < -0.39 is 11.6 Å². The molecule has 2 N–H and O–H groups in total. The van der Waals surface area contributed by atoms with Crippen LogP contribution in [0.15, 0.2) is 42.5 Å². The Labute approximate surface area is 187 Å². The smallest absolute Gasteiger partial charge is 0.325 e. The Morgan fingerprint density at radius 3 is 2.28 bits per heavy atom. The van der Waals surface area contributed by atoms with Crippen LogP contribution in [0.25, 0.3) is 10.8 Å². The molecule has 1 unspecified atom stereocenters. The average Bonchev–Trinajstić information content (AvgIpc) is 2.96. The molecule has 2 aromatic rings. The molecule has 0 aromatic heterocycles. The van der Waals surface area contributed by atoms with E-state index in [1.807, 2.05) is 42.5 Å². The minimum absolute atomic E-state index is 0.132. The fourth-order valence-corrected chi connectivity index (χ4v) is 7.28. The van der Waals surface area contributed by atoms with Gasteiger partial charge in [0.05, 0.1) is 0 Å². The maximum Gasteiger partial charge on any atom is 0.325 e. The zero-order valence-electron chi connectivity index (χ0n) is 18.4. The van der Waals surface area contributed by atoms with E-state index in [9.17, 15) is 14.4 Å². The van der Waals surface area contributed by atoms with E-state index in [4.69, 9.17) is 0 Å². The first-order valence-electron chi connectivity index (χ1n) is 11.8. The van der Waals surface area contributed by atoms with Crippen LogP contribution in [0.5, 0.6) is 0 Å². The monoisotopic (exact) mass is 431 g/mol. The van der Waals surface area contributed by atoms with Crippen LogP contribution in [0, 0.1) is 17.8 Å². The van der Waals surface area contributed by atoms with Crippen LogP contribution in [-0.4, -0.2) is 34.8 Å². The van der Waals surface area contributed by atoms with Crippen LogP contribution in [0.3, 0.4) is 0 Å². The number of hydrogen-bond donors (Lipinski definition) is 2. The summed E-state index contributed by atoms with van der Waals surface area (Å²) in [6, 6.07) is 13.2. The Bertz CT molecular complexity index is 1110. The second kappa shape index (κ2) is 6.80. The Kier molecular flexibility index (Phi) is 4.20. The summed E-state index contributed by atoms with van der Waals surface area (Å²) in [4.78, 5) is 40.2. The first kappa shape index (κ1) is 19.8. The lowest BCUT2D eigenvalue weighted by molar-refractivity contribution is -0.136. The fraction of sp³-hybridized carbons (Fsp3) is 0.500. The zero-order valence-corrected chi connectivity index (χ0v) is 18.4. The van der Waals surface area contributed by atoms with E-state index in [0.717, 1.165) is 58.3 Å². The third-order valence-corrected chi connectivity index (χ3v) is 8.35. The standard InChI is InChI=1S/C26H29N3O3/c1-25(21-7-6-19-4-2-3-5-20(19)11-21)23(31)29(24(32)28-25)15-22(30)27-26-12-16-8-17(13-26)10-18(9-16)14-26/h2-7,11,16-18H,8-10,12-15H2,1H3,(H,27,30)(H,28,32). The van der Waals surface area contributed by atoms with Crippen molar-refractivity contribution in [2.24, 2.45) is 17.8 Å². The molecule has 5 aliphatic rings. The molecular weight excluding hydrogens is 402 g/mol. The lowest BCUT2D eigenvalue weighted by Crippen LogP contribution is -2.61. The average molecular weight is 432 g/mol. The Balaban J connectivity index is 1.20. The molecule has 4 saturated carbocycles. The van der Waals surface area contributed by atoms with Crippen molar-refractivity contribution in [2.45, 2.75) is 56.5 Å². The van der Waals surface area contributed by atoms with Gasteiger partial charge in [0.2, 0.25) is 5.91 Å². The van der Waals surface area contributed by atoms with Crippen molar-refractivity contribution in [1.29, 1.82) is 0 Å². The summed E-state index contributed by atoms with van der Waals surface area (Å²) < 4.78 is 0. The van der Waals surface area contributed by atoms with Gasteiger partial charge in [0, 0.05) is 5.54 Å². The predicted octanol–water partition coefficient (Wildman–Crippen LogP) is 3.69. The Morgan fingerprint density at radius 1 is 1.00 bits per heavy atom. The fourth-order valence-electron chi connectivity index (χ4n) is 7.28. The molecule has 0 spiro atoms. The highest BCUT2D eigenvalue weighted by Gasteiger charge is 2.53. The maximum absolute atomic E-state index is 13.3. The second-order valence-corrected chi connectivity index (χ2v) is 10.8. The second-order valence-electron chi connectivity index (χ2n) is 10.8. The number of nitrogens with zero attached hydrogens (tertiary/aromatic N) is 1. The molecule has 1 saturated heterocycles. The van der Waals surface area contributed by atoms with E-state index in [0.29, 0.717) is 0 Å². The lowest BCUT2D eigenvalue weighted by atomic mass is 9.53. The van der Waals surface area contributed by atoms with Gasteiger partial charge >= 0.3 is 6.03 Å². The van der Waals surface area contributed by atoms with Gasteiger partial charge in [-0.1, -0.05) is 36.4 Å². The normalized spacial score (nSPS) is 35.4. The molecule has 1 atom stereocenters. The van der Waals surface area contributed by atoms with Crippen LogP contribution in [-0.2, 0) is 15.1 Å². The van der Waals surface area contributed by atoms with Crippen molar-refractivity contribution in [2.75, 3.05) is 6.54 Å². The Hall–Kier alpha value is -2.89. The largest absolute Gasteiger partial charge is 0.349 e. The molecule has 0 radical (unpaired) electrons. The minimum atomic E-state index is -1.18. The molecule has 32 heavy (non-hydrogen) atoms. The highest BCUT2D eigenvalue weighted by atomic mass is 16.2. The van der Waals surface area contributed by atoms with Crippen LogP contribution in [0.2, 0.25) is 0 Å². The third kappa shape index (κ3) is 3.03. The summed E-state index contributed by atoms with van der Waals surface area (Å²) in [5, 5.41) is 8.18. The third-order valence-electron chi connectivity index (χ3n) is 8.35. The SMILES string of the molecule is CC1(c2ccc3ccccc3c2)NC(=O)N(CC(=O)NC23CC4CC(CC(C4)C2)C3)C1=O. The van der Waals surface area contributed by atoms with Crippen molar-refractivity contribution < 1.29 is 14.4 Å². The van der Waals surface area contributed by atoms with E-state index in [1.165, 1.54) is 19.3 Å². The van der Waals surface area contributed by atoms with Gasteiger partial charge in [0.15, 0.2) is 0 Å². The van der Waals surface area contributed by atoms with E-state index in [1.54, 1.807) is 6.92 Å². The molecule has 4 bridgehead atoms. The van der Waals surface area contributed by atoms with E-state index >= 15 is 0 Å². The van der Waals surface area contributed by atoms with Gasteiger partial charge in [0.1, 0.15) is 12.1 Å². The van der Waals surface area contributed by atoms with Crippen molar-refractivity contribution in [3.8, 4) is 0 Å². The number of amides is 4. The number of carbonyl (C=O) groups excluding carboxylic acids is 3. The molecule has 4 amide bonds. The summed E-state index contributed by atoms with van der Waals surface area (Å²) in [6.45, 7) is 1.49. The Morgan fingerprint density at radius 2 is 1.62 bits per heavy atom. The summed E-state index contributed by atoms with van der Waals surface area (Å²) in [5.41, 5.74) is -0.590. The number of imide groups is 1. The molecule has 6 nitrogen and oxygen atoms in total. The van der Waals surface area contributed by atoms with E-state index in [2.05, 4.69) is 10.6 Å². The molecule has 7 rings (SSSR count). The van der Waals surface area contributed by atoms with Crippen LogP contribution >= 0.6 is 0 Å². The molecule has 6 heteroatoms. The van der Waals surface area contributed by atoms with Crippen LogP contribution in [0.4, 0.5) is 4.79 Å². The molecule has 4 aliphatic carbocycles. The highest BCUT2D eigenvalue weighted by Crippen LogP contribution is 2.55. The molecule has 1 aliphatic heterocycles. The summed E-state index contributed by atoms with van der Waals surface area (Å²) >= 11 is 0. The van der Waals surface area contributed by atoms with Crippen molar-refractivity contribution in [1.82, 2.24) is 15.5 Å². The molecule has 2 aromatic carbocycles. The van der Waals surface area contributed by atoms with Gasteiger partial charge in [0.25, 0.3) is 5.91 Å². The summed E-state index contributed by atoms with van der Waals surface area (Å²) in [6.07, 6.45) is 7.02. The first-order chi connectivity index (χ1) is 15.3. The summed E-state index contributed by atoms with van der Waals surface area (Å²) in [5.74, 6) is 1.55. The van der Waals surface area contributed by atoms with E-state index in [-0.39, 0.29) is 23.9 Å². The van der Waals surface area contributed by atoms with Crippen molar-refractivity contribution in [3.05, 3.63) is 48.0 Å². The van der Waals surface area contributed by atoms with Crippen molar-refractivity contribution >= 4 is 28.6 Å². The molecule has 166 valence electrons. The van der Waals surface area contributed by atoms with Gasteiger partial charge in [-0.2, -0.15) is 0 Å². The molecule has 5 fully saturated rings. The summed E-state index contributed by atoms with van der Waals surface area (Å²) in [7, 11) is 0. The highest BCUT2D eigenvalue weighted by molar-refractivity contribution is 6.09. The molecular formula is C26H29N3O3. The lowest BCUT2D eigenvalue weighted by Gasteiger charge is -2.56. The van der Waals surface area contributed by atoms with Crippen LogP contribution < -0.4 is 10.6 Å². The number of rotatable bonds is 4. The molecule has 1 heterocycles. The topological polar surface area (TPSA) is 78.5 Å². The minimum Gasteiger partial charge on any atom is -0.349 e. The number of urea groups is 1. The number of carbonyl (C=O) groups is 3. The first-order valence-corrected chi connectivity index (χ1v) is 11.8. The number of nitrogens with one attached hydrogen (secondary N) is 2. The number of benzene rings is 2. The van der Waals surface area contributed by atoms with Gasteiger partial charge in [-0.05, 0) is 85.6 Å². The van der Waals surface area contributed by atoms with Gasteiger partial charge in [-0.3, -0.25) is 14.5 Å². The quantitative estimate of drug-likeness (QED) is 0.725. The van der Waals surface area contributed by atoms with Crippen molar-refractivity contribution in [3.63, 3.8) is 0 Å². The van der Waals surface area contributed by atoms with Crippen LogP contribution in [0.1, 0.15) is 51.0 Å². The van der Waals surface area contributed by atoms with Gasteiger partial charge in [-0.25, -0.2) is 4.79 Å². The predicted molar refractivity (Wildman–Crippen MR) is 121 cm³/mol. The van der Waals surface area contributed by atoms with Gasteiger partial charge in [-0.15, -0.1) is 0 Å². The zero-order chi connectivity index (χ0) is 22.1. The van der Waals surface area contributed by atoms with Gasteiger partial charge < -0.3 is 10.6 Å². The number of fused-ring (bicyclic) bond motifs is 1.